The van der Waals surface area contributed by atoms with Gasteiger partial charge in [-0.2, -0.15) is 0 Å². The molecule has 0 spiro atoms. The molecule has 0 amide bonds. The molecule has 86 valence electrons. The number of nitrogens with one attached hydrogen (secondary N) is 1. The van der Waals surface area contributed by atoms with E-state index >= 15 is 0 Å². The summed E-state index contributed by atoms with van der Waals surface area (Å²) in [4.78, 5) is 5.86. The predicted octanol–water partition coefficient (Wildman–Crippen LogP) is 3.60. The van der Waals surface area contributed by atoms with Gasteiger partial charge in [0.2, 0.25) is 0 Å². The predicted molar refractivity (Wildman–Crippen MR) is 67.5 cm³/mol. The molecule has 0 aliphatic heterocycles. The van der Waals surface area contributed by atoms with Crippen LogP contribution in [0.4, 0.5) is 0 Å². The van der Waals surface area contributed by atoms with Gasteiger partial charge in [-0.1, -0.05) is 13.8 Å². The molecule has 0 aliphatic carbocycles. The minimum atomic E-state index is 0.432. The molecule has 2 nitrogen and oxygen atoms in total. The number of aryl methyl sites for hydroxylation is 2. The van der Waals surface area contributed by atoms with Gasteiger partial charge in [-0.05, 0) is 33.6 Å². The van der Waals surface area contributed by atoms with Crippen molar-refractivity contribution in [2.75, 3.05) is 0 Å². The lowest BCUT2D eigenvalue weighted by atomic mass is 10.1. The second kappa shape index (κ2) is 5.61. The smallest absolute Gasteiger partial charge is 0.0900 e. The molecule has 0 aromatic carbocycles. The summed E-state index contributed by atoms with van der Waals surface area (Å²) in [6.07, 6.45) is 2.38. The molecule has 0 bridgehead atoms. The Morgan fingerprint density at radius 2 is 1.87 bits per heavy atom. The molecule has 1 atom stereocenters. The fourth-order valence-corrected chi connectivity index (χ4v) is 2.84. The summed E-state index contributed by atoms with van der Waals surface area (Å²) in [7, 11) is 0. The highest BCUT2D eigenvalue weighted by molar-refractivity contribution is 7.11. The summed E-state index contributed by atoms with van der Waals surface area (Å²) in [5.41, 5.74) is 1.18. The van der Waals surface area contributed by atoms with Crippen molar-refractivity contribution in [3.63, 3.8) is 0 Å². The third-order valence-electron chi connectivity index (χ3n) is 2.80. The zero-order valence-electron chi connectivity index (χ0n) is 10.4. The van der Waals surface area contributed by atoms with Crippen molar-refractivity contribution in [1.29, 1.82) is 0 Å². The molecule has 0 radical (unpaired) electrons. The summed E-state index contributed by atoms with van der Waals surface area (Å²) >= 11 is 1.81. The molecular weight excluding hydrogens is 204 g/mol. The average molecular weight is 226 g/mol. The van der Waals surface area contributed by atoms with E-state index in [1.54, 1.807) is 0 Å². The van der Waals surface area contributed by atoms with Gasteiger partial charge in [-0.25, -0.2) is 4.98 Å². The van der Waals surface area contributed by atoms with Crippen molar-refractivity contribution in [1.82, 2.24) is 10.3 Å². The van der Waals surface area contributed by atoms with Crippen LogP contribution in [-0.2, 0) is 0 Å². The van der Waals surface area contributed by atoms with Crippen LogP contribution in [0.5, 0.6) is 0 Å². The largest absolute Gasteiger partial charge is 0.307 e. The molecule has 15 heavy (non-hydrogen) atoms. The zero-order valence-corrected chi connectivity index (χ0v) is 11.2. The number of aromatic nitrogens is 1. The van der Waals surface area contributed by atoms with Crippen LogP contribution in [0, 0.1) is 13.8 Å². The number of hydrogen-bond acceptors (Lipinski definition) is 3. The van der Waals surface area contributed by atoms with E-state index in [1.165, 1.54) is 28.4 Å². The van der Waals surface area contributed by atoms with E-state index in [0.717, 1.165) is 0 Å². The van der Waals surface area contributed by atoms with E-state index in [9.17, 15) is 0 Å². The first-order valence-electron chi connectivity index (χ1n) is 5.78. The average Bonchev–Trinajstić information content (AvgIpc) is 2.54. The maximum Gasteiger partial charge on any atom is 0.0900 e. The van der Waals surface area contributed by atoms with Crippen molar-refractivity contribution in [3.05, 3.63) is 15.6 Å². The van der Waals surface area contributed by atoms with E-state index in [2.05, 4.69) is 44.9 Å². The quantitative estimate of drug-likeness (QED) is 0.830. The van der Waals surface area contributed by atoms with E-state index in [4.69, 9.17) is 0 Å². The van der Waals surface area contributed by atoms with E-state index in [0.29, 0.717) is 12.1 Å². The summed E-state index contributed by atoms with van der Waals surface area (Å²) in [6, 6.07) is 1.06. The number of hydrogen-bond donors (Lipinski definition) is 1. The Morgan fingerprint density at radius 3 is 2.27 bits per heavy atom. The fourth-order valence-electron chi connectivity index (χ4n) is 1.90. The molecule has 1 heterocycles. The maximum atomic E-state index is 4.47. The molecule has 1 unspecified atom stereocenters. The standard InChI is InChI=1S/C12H22N2S/c1-6-11(7-2)14-9(4)12-8(3)13-10(5)15-12/h9,11,14H,6-7H2,1-5H3. The summed E-state index contributed by atoms with van der Waals surface area (Å²) in [5, 5.41) is 4.82. The van der Waals surface area contributed by atoms with E-state index in [1.807, 2.05) is 11.3 Å². The van der Waals surface area contributed by atoms with Crippen LogP contribution in [0.1, 0.15) is 55.2 Å². The Morgan fingerprint density at radius 1 is 1.27 bits per heavy atom. The molecule has 0 fully saturated rings. The van der Waals surface area contributed by atoms with Gasteiger partial charge in [0.05, 0.1) is 10.7 Å². The van der Waals surface area contributed by atoms with Gasteiger partial charge in [-0.3, -0.25) is 0 Å². The Bertz CT molecular complexity index is 303. The first-order chi connectivity index (χ1) is 7.08. The first kappa shape index (κ1) is 12.7. The van der Waals surface area contributed by atoms with Crippen LogP contribution in [0.3, 0.4) is 0 Å². The summed E-state index contributed by atoms with van der Waals surface area (Å²) < 4.78 is 0. The SMILES string of the molecule is CCC(CC)NC(C)c1sc(C)nc1C. The van der Waals surface area contributed by atoms with E-state index < -0.39 is 0 Å². The van der Waals surface area contributed by atoms with Crippen LogP contribution in [-0.4, -0.2) is 11.0 Å². The zero-order chi connectivity index (χ0) is 11.4. The van der Waals surface area contributed by atoms with Gasteiger partial charge >= 0.3 is 0 Å². The Kier molecular flexibility index (Phi) is 4.74. The van der Waals surface area contributed by atoms with Gasteiger partial charge in [0.1, 0.15) is 0 Å². The molecule has 0 saturated heterocycles. The van der Waals surface area contributed by atoms with Gasteiger partial charge in [-0.15, -0.1) is 11.3 Å². The number of rotatable bonds is 5. The second-order valence-electron chi connectivity index (χ2n) is 4.08. The van der Waals surface area contributed by atoms with Crippen molar-refractivity contribution < 1.29 is 0 Å². The van der Waals surface area contributed by atoms with Crippen molar-refractivity contribution in [2.45, 2.75) is 59.5 Å². The minimum Gasteiger partial charge on any atom is -0.307 e. The minimum absolute atomic E-state index is 0.432. The molecule has 0 aliphatic rings. The van der Waals surface area contributed by atoms with E-state index in [-0.39, 0.29) is 0 Å². The molecular formula is C12H22N2S. The number of nitrogens with zero attached hydrogens (tertiary/aromatic N) is 1. The monoisotopic (exact) mass is 226 g/mol. The molecule has 1 N–H and O–H groups in total. The highest BCUT2D eigenvalue weighted by Crippen LogP contribution is 2.25. The molecule has 0 saturated carbocycles. The molecule has 1 aromatic rings. The Hall–Kier alpha value is -0.410. The second-order valence-corrected chi connectivity index (χ2v) is 5.32. The fraction of sp³-hybridized carbons (Fsp3) is 0.750. The third-order valence-corrected chi connectivity index (χ3v) is 4.06. The van der Waals surface area contributed by atoms with Crippen LogP contribution in [0.2, 0.25) is 0 Å². The van der Waals surface area contributed by atoms with Crippen molar-refractivity contribution in [3.8, 4) is 0 Å². The maximum absolute atomic E-state index is 4.47. The first-order valence-corrected chi connectivity index (χ1v) is 6.60. The summed E-state index contributed by atoms with van der Waals surface area (Å²) in [5.74, 6) is 0. The molecule has 1 aromatic heterocycles. The molecule has 1 rings (SSSR count). The Balaban J connectivity index is 2.67. The van der Waals surface area contributed by atoms with Gasteiger partial charge in [0.15, 0.2) is 0 Å². The number of thiazole rings is 1. The topological polar surface area (TPSA) is 24.9 Å². The van der Waals surface area contributed by atoms with Crippen LogP contribution in [0.25, 0.3) is 0 Å². The van der Waals surface area contributed by atoms with Crippen molar-refractivity contribution in [2.24, 2.45) is 0 Å². The highest BCUT2D eigenvalue weighted by Gasteiger charge is 2.15. The lowest BCUT2D eigenvalue weighted by molar-refractivity contribution is 0.435. The van der Waals surface area contributed by atoms with Gasteiger partial charge in [0, 0.05) is 17.0 Å². The van der Waals surface area contributed by atoms with Gasteiger partial charge < -0.3 is 5.32 Å². The van der Waals surface area contributed by atoms with Gasteiger partial charge in [0.25, 0.3) is 0 Å². The lowest BCUT2D eigenvalue weighted by Gasteiger charge is -2.20. The third kappa shape index (κ3) is 3.28. The Labute approximate surface area is 97.1 Å². The van der Waals surface area contributed by atoms with Crippen molar-refractivity contribution >= 4 is 11.3 Å². The summed E-state index contributed by atoms with van der Waals surface area (Å²) in [6.45, 7) is 10.9. The highest BCUT2D eigenvalue weighted by atomic mass is 32.1. The van der Waals surface area contributed by atoms with Crippen LogP contribution >= 0.6 is 11.3 Å². The van der Waals surface area contributed by atoms with Crippen LogP contribution in [0.15, 0.2) is 0 Å². The normalized spacial score (nSPS) is 13.5. The lowest BCUT2D eigenvalue weighted by Crippen LogP contribution is -2.30. The molecule has 3 heteroatoms. The van der Waals surface area contributed by atoms with Crippen LogP contribution < -0.4 is 5.32 Å².